The minimum absolute atomic E-state index is 0.158. The Kier molecular flexibility index (Phi) is 6.34. The molecule has 1 aromatic carbocycles. The van der Waals surface area contributed by atoms with Crippen LogP contribution in [0.2, 0.25) is 0 Å². The van der Waals surface area contributed by atoms with E-state index in [2.05, 4.69) is 15.6 Å². The third-order valence-electron chi connectivity index (χ3n) is 3.65. The molecule has 1 amide bonds. The van der Waals surface area contributed by atoms with Gasteiger partial charge in [0.15, 0.2) is 0 Å². The van der Waals surface area contributed by atoms with E-state index in [9.17, 15) is 24.8 Å². The second-order valence-electron chi connectivity index (χ2n) is 5.60. The first kappa shape index (κ1) is 19.0. The molecule has 9 nitrogen and oxygen atoms in total. The molecular weight excluding hydrogens is 340 g/mol. The molecule has 1 atom stereocenters. The Morgan fingerprint density at radius 3 is 2.69 bits per heavy atom. The van der Waals surface area contributed by atoms with Crippen molar-refractivity contribution in [2.24, 2.45) is 0 Å². The number of anilines is 1. The first-order valence-electron chi connectivity index (χ1n) is 7.78. The highest BCUT2D eigenvalue weighted by Crippen LogP contribution is 2.22. The van der Waals surface area contributed by atoms with E-state index in [0.717, 1.165) is 0 Å². The third kappa shape index (κ3) is 5.35. The Hall–Kier alpha value is -3.33. The fourth-order valence-electron chi connectivity index (χ4n) is 2.22. The molecule has 1 unspecified atom stereocenters. The number of nitro groups is 1. The summed E-state index contributed by atoms with van der Waals surface area (Å²) in [7, 11) is 0. The number of carboxylic acid groups (broad SMARTS) is 1. The molecule has 2 rings (SSSR count). The number of amides is 1. The van der Waals surface area contributed by atoms with E-state index in [4.69, 9.17) is 0 Å². The summed E-state index contributed by atoms with van der Waals surface area (Å²) in [5.41, 5.74) is 1.40. The van der Waals surface area contributed by atoms with Crippen molar-refractivity contribution in [2.75, 3.05) is 5.32 Å². The zero-order valence-corrected chi connectivity index (χ0v) is 14.0. The van der Waals surface area contributed by atoms with Gasteiger partial charge in [-0.25, -0.2) is 0 Å². The first-order chi connectivity index (χ1) is 12.4. The SMILES string of the molecule is Cc1ccc([N+](=O)[O-])cc1NC(=O)CC(NCc1ccccn1)C(=O)O. The van der Waals surface area contributed by atoms with Gasteiger partial charge < -0.3 is 10.4 Å². The lowest BCUT2D eigenvalue weighted by molar-refractivity contribution is -0.384. The van der Waals surface area contributed by atoms with E-state index >= 15 is 0 Å². The van der Waals surface area contributed by atoms with E-state index in [0.29, 0.717) is 11.3 Å². The number of hydrogen-bond acceptors (Lipinski definition) is 6. The van der Waals surface area contributed by atoms with Gasteiger partial charge in [0.1, 0.15) is 6.04 Å². The summed E-state index contributed by atoms with van der Waals surface area (Å²) in [4.78, 5) is 37.9. The number of pyridine rings is 1. The van der Waals surface area contributed by atoms with Crippen molar-refractivity contribution in [3.8, 4) is 0 Å². The molecule has 2 aromatic rings. The number of non-ortho nitro benzene ring substituents is 1. The number of nitrogens with zero attached hydrogens (tertiary/aromatic N) is 2. The Morgan fingerprint density at radius 2 is 2.08 bits per heavy atom. The topological polar surface area (TPSA) is 134 Å². The molecule has 0 aliphatic rings. The Balaban J connectivity index is 2.00. The van der Waals surface area contributed by atoms with Crippen molar-refractivity contribution in [1.29, 1.82) is 0 Å². The number of benzene rings is 1. The van der Waals surface area contributed by atoms with E-state index < -0.39 is 22.8 Å². The van der Waals surface area contributed by atoms with Crippen LogP contribution in [-0.2, 0) is 16.1 Å². The van der Waals surface area contributed by atoms with Gasteiger partial charge in [0.25, 0.3) is 5.69 Å². The normalized spacial score (nSPS) is 11.6. The second-order valence-corrected chi connectivity index (χ2v) is 5.60. The molecule has 0 fully saturated rings. The summed E-state index contributed by atoms with van der Waals surface area (Å²) in [6.45, 7) is 1.88. The van der Waals surface area contributed by atoms with Crippen LogP contribution in [0.3, 0.4) is 0 Å². The number of carbonyl (C=O) groups is 2. The molecule has 1 aromatic heterocycles. The van der Waals surface area contributed by atoms with Gasteiger partial charge in [-0.15, -0.1) is 0 Å². The number of nitrogens with one attached hydrogen (secondary N) is 2. The molecule has 3 N–H and O–H groups in total. The van der Waals surface area contributed by atoms with E-state index in [1.54, 1.807) is 31.3 Å². The zero-order valence-electron chi connectivity index (χ0n) is 14.0. The molecule has 0 aliphatic carbocycles. The van der Waals surface area contributed by atoms with Gasteiger partial charge >= 0.3 is 5.97 Å². The van der Waals surface area contributed by atoms with E-state index in [1.165, 1.54) is 18.2 Å². The molecule has 0 saturated carbocycles. The van der Waals surface area contributed by atoms with Crippen molar-refractivity contribution in [1.82, 2.24) is 10.3 Å². The van der Waals surface area contributed by atoms with Gasteiger partial charge in [-0.2, -0.15) is 0 Å². The number of nitro benzene ring substituents is 1. The Morgan fingerprint density at radius 1 is 1.31 bits per heavy atom. The summed E-state index contributed by atoms with van der Waals surface area (Å²) in [6, 6.07) is 8.23. The fraction of sp³-hybridized carbons (Fsp3) is 0.235. The molecule has 1 heterocycles. The Labute approximate surface area is 149 Å². The lowest BCUT2D eigenvalue weighted by Crippen LogP contribution is -2.39. The summed E-state index contributed by atoms with van der Waals surface area (Å²) in [6.07, 6.45) is 1.26. The van der Waals surface area contributed by atoms with Crippen molar-refractivity contribution in [3.63, 3.8) is 0 Å². The van der Waals surface area contributed by atoms with Crippen LogP contribution in [0, 0.1) is 17.0 Å². The average molecular weight is 358 g/mol. The van der Waals surface area contributed by atoms with Crippen LogP contribution in [0.1, 0.15) is 17.7 Å². The summed E-state index contributed by atoms with van der Waals surface area (Å²) in [5, 5.41) is 25.4. The maximum atomic E-state index is 12.2. The van der Waals surface area contributed by atoms with Crippen LogP contribution in [0.15, 0.2) is 42.6 Å². The average Bonchev–Trinajstić information content (AvgIpc) is 2.61. The van der Waals surface area contributed by atoms with Crippen molar-refractivity contribution in [3.05, 3.63) is 64.0 Å². The first-order valence-corrected chi connectivity index (χ1v) is 7.78. The smallest absolute Gasteiger partial charge is 0.321 e. The van der Waals surface area contributed by atoms with Crippen LogP contribution in [0.5, 0.6) is 0 Å². The molecule has 136 valence electrons. The molecule has 0 spiro atoms. The monoisotopic (exact) mass is 358 g/mol. The highest BCUT2D eigenvalue weighted by molar-refractivity contribution is 5.94. The quantitative estimate of drug-likeness (QED) is 0.484. The second kappa shape index (κ2) is 8.67. The predicted octanol–water partition coefficient (Wildman–Crippen LogP) is 1.87. The summed E-state index contributed by atoms with van der Waals surface area (Å²) >= 11 is 0. The van der Waals surface area contributed by atoms with Gasteiger partial charge in [0.2, 0.25) is 5.91 Å². The van der Waals surface area contributed by atoms with Crippen LogP contribution >= 0.6 is 0 Å². The minimum atomic E-state index is -1.17. The number of aliphatic carboxylic acids is 1. The molecule has 26 heavy (non-hydrogen) atoms. The zero-order chi connectivity index (χ0) is 19.1. The number of aryl methyl sites for hydroxylation is 1. The van der Waals surface area contributed by atoms with Gasteiger partial charge in [0.05, 0.1) is 22.7 Å². The van der Waals surface area contributed by atoms with Gasteiger partial charge in [-0.05, 0) is 24.6 Å². The van der Waals surface area contributed by atoms with Gasteiger partial charge in [0, 0.05) is 24.9 Å². The summed E-state index contributed by atoms with van der Waals surface area (Å²) < 4.78 is 0. The van der Waals surface area contributed by atoms with Crippen molar-refractivity contribution in [2.45, 2.75) is 25.9 Å². The molecule has 0 aliphatic heterocycles. The molecule has 0 saturated heterocycles. The molecule has 0 bridgehead atoms. The highest BCUT2D eigenvalue weighted by atomic mass is 16.6. The van der Waals surface area contributed by atoms with Gasteiger partial charge in [-0.3, -0.25) is 30.0 Å². The third-order valence-corrected chi connectivity index (χ3v) is 3.65. The largest absolute Gasteiger partial charge is 0.480 e. The van der Waals surface area contributed by atoms with Crippen LogP contribution in [-0.4, -0.2) is 32.9 Å². The molecule has 0 radical (unpaired) electrons. The van der Waals surface area contributed by atoms with Crippen LogP contribution in [0.4, 0.5) is 11.4 Å². The number of carboxylic acids is 1. The van der Waals surface area contributed by atoms with Crippen molar-refractivity contribution < 1.29 is 19.6 Å². The lowest BCUT2D eigenvalue weighted by Gasteiger charge is -2.15. The van der Waals surface area contributed by atoms with Gasteiger partial charge in [-0.1, -0.05) is 12.1 Å². The fourth-order valence-corrected chi connectivity index (χ4v) is 2.22. The van der Waals surface area contributed by atoms with E-state index in [1.807, 2.05) is 0 Å². The number of rotatable bonds is 8. The Bertz CT molecular complexity index is 810. The standard InChI is InChI=1S/C17H18N4O5/c1-11-5-6-13(21(25)26)8-14(11)20-16(22)9-15(17(23)24)19-10-12-4-2-3-7-18-12/h2-8,15,19H,9-10H2,1H3,(H,20,22)(H,23,24). The van der Waals surface area contributed by atoms with Crippen LogP contribution in [0.25, 0.3) is 0 Å². The molecular formula is C17H18N4O5. The highest BCUT2D eigenvalue weighted by Gasteiger charge is 2.21. The number of hydrogen-bond donors (Lipinski definition) is 3. The number of aromatic nitrogens is 1. The number of carbonyl (C=O) groups excluding carboxylic acids is 1. The van der Waals surface area contributed by atoms with Crippen LogP contribution < -0.4 is 10.6 Å². The predicted molar refractivity (Wildman–Crippen MR) is 93.6 cm³/mol. The van der Waals surface area contributed by atoms with Crippen molar-refractivity contribution >= 4 is 23.3 Å². The maximum absolute atomic E-state index is 12.2. The molecule has 9 heteroatoms. The lowest BCUT2D eigenvalue weighted by atomic mass is 10.1. The summed E-state index contributed by atoms with van der Waals surface area (Å²) in [5.74, 6) is -1.73. The van der Waals surface area contributed by atoms with E-state index in [-0.39, 0.29) is 24.3 Å². The maximum Gasteiger partial charge on any atom is 0.321 e. The minimum Gasteiger partial charge on any atom is -0.480 e.